The first-order valence-electron chi connectivity index (χ1n) is 6.03. The third-order valence-corrected chi connectivity index (χ3v) is 3.08. The van der Waals surface area contributed by atoms with Crippen molar-refractivity contribution in [1.29, 1.82) is 0 Å². The van der Waals surface area contributed by atoms with Gasteiger partial charge in [-0.25, -0.2) is 9.97 Å². The van der Waals surface area contributed by atoms with Gasteiger partial charge in [-0.15, -0.1) is 11.6 Å². The van der Waals surface area contributed by atoms with Gasteiger partial charge in [0.25, 0.3) is 0 Å². The molecule has 0 radical (unpaired) electrons. The van der Waals surface area contributed by atoms with Crippen LogP contribution >= 0.6 is 11.6 Å². The van der Waals surface area contributed by atoms with Crippen molar-refractivity contribution >= 4 is 22.8 Å². The first kappa shape index (κ1) is 12.9. The maximum atomic E-state index is 5.83. The lowest BCUT2D eigenvalue weighted by molar-refractivity contribution is 0.376. The highest BCUT2D eigenvalue weighted by Crippen LogP contribution is 2.23. The van der Waals surface area contributed by atoms with Crippen molar-refractivity contribution in [1.82, 2.24) is 24.7 Å². The minimum atomic E-state index is 0.446. The molecule has 3 aromatic rings. The smallest absolute Gasteiger partial charge is 0.245 e. The van der Waals surface area contributed by atoms with Crippen LogP contribution in [0.15, 0.2) is 23.1 Å². The Balaban J connectivity index is 2.13. The minimum absolute atomic E-state index is 0.446. The second kappa shape index (κ2) is 5.46. The molecule has 8 heteroatoms. The number of fused-ring (bicyclic) bond motifs is 1. The van der Waals surface area contributed by atoms with E-state index in [0.29, 0.717) is 35.9 Å². The van der Waals surface area contributed by atoms with Crippen LogP contribution in [0.5, 0.6) is 5.88 Å². The Kier molecular flexibility index (Phi) is 3.51. The zero-order chi connectivity index (χ0) is 13.9. The molecular formula is C12H12ClN5O2. The van der Waals surface area contributed by atoms with E-state index < -0.39 is 0 Å². The van der Waals surface area contributed by atoms with E-state index in [4.69, 9.17) is 20.9 Å². The van der Waals surface area contributed by atoms with E-state index in [1.165, 1.54) is 6.33 Å². The second-order valence-electron chi connectivity index (χ2n) is 4.09. The fourth-order valence-corrected chi connectivity index (χ4v) is 2.20. The van der Waals surface area contributed by atoms with Gasteiger partial charge in [-0.1, -0.05) is 5.16 Å². The largest absolute Gasteiger partial charge is 0.479 e. The predicted octanol–water partition coefficient (Wildman–Crippen LogP) is 1.65. The Morgan fingerprint density at radius 3 is 3.00 bits per heavy atom. The third kappa shape index (κ3) is 2.20. The monoisotopic (exact) mass is 293 g/mol. The number of alkyl halides is 1. The number of nitrogens with zero attached hydrogens (tertiary/aromatic N) is 5. The van der Waals surface area contributed by atoms with Crippen LogP contribution in [0, 0.1) is 0 Å². The van der Waals surface area contributed by atoms with E-state index in [1.54, 1.807) is 19.4 Å². The summed E-state index contributed by atoms with van der Waals surface area (Å²) < 4.78 is 12.3. The Morgan fingerprint density at radius 1 is 1.40 bits per heavy atom. The Morgan fingerprint density at radius 2 is 2.30 bits per heavy atom. The summed E-state index contributed by atoms with van der Waals surface area (Å²) in [6.07, 6.45) is 3.67. The molecule has 0 N–H and O–H groups in total. The molecule has 20 heavy (non-hydrogen) atoms. The maximum Gasteiger partial charge on any atom is 0.245 e. The minimum Gasteiger partial charge on any atom is -0.479 e. The highest BCUT2D eigenvalue weighted by molar-refractivity contribution is 6.17. The Bertz CT molecular complexity index is 710. The zero-order valence-corrected chi connectivity index (χ0v) is 11.5. The van der Waals surface area contributed by atoms with Crippen LogP contribution < -0.4 is 4.74 Å². The Labute approximate surface area is 119 Å². The first-order valence-corrected chi connectivity index (χ1v) is 6.56. The molecule has 3 rings (SSSR count). The summed E-state index contributed by atoms with van der Waals surface area (Å²) in [5.74, 6) is 2.44. The van der Waals surface area contributed by atoms with Gasteiger partial charge < -0.3 is 13.8 Å². The van der Waals surface area contributed by atoms with Crippen LogP contribution in [0.1, 0.15) is 11.6 Å². The van der Waals surface area contributed by atoms with Gasteiger partial charge >= 0.3 is 0 Å². The molecular weight excluding hydrogens is 282 g/mol. The van der Waals surface area contributed by atoms with E-state index in [2.05, 4.69) is 20.1 Å². The van der Waals surface area contributed by atoms with Crippen molar-refractivity contribution in [3.8, 4) is 5.88 Å². The standard InChI is InChI=1S/C12H12ClN5O2/c1-19-12-10-11(14-7-15-12)18(9(17-10)2-4-13)6-8-3-5-16-20-8/h3,5,7H,2,4,6H2,1H3. The fourth-order valence-electron chi connectivity index (χ4n) is 2.03. The van der Waals surface area contributed by atoms with Crippen LogP contribution in [-0.4, -0.2) is 37.7 Å². The molecule has 0 saturated heterocycles. The number of ether oxygens (including phenoxy) is 1. The fraction of sp³-hybridized carbons (Fsp3) is 0.333. The number of imidazole rings is 1. The van der Waals surface area contributed by atoms with Crippen molar-refractivity contribution in [3.05, 3.63) is 30.2 Å². The number of rotatable bonds is 5. The normalized spacial score (nSPS) is 11.1. The van der Waals surface area contributed by atoms with Gasteiger partial charge in [-0.3, -0.25) is 0 Å². The molecule has 0 aliphatic carbocycles. The van der Waals surface area contributed by atoms with Crippen molar-refractivity contribution in [3.63, 3.8) is 0 Å². The quantitative estimate of drug-likeness (QED) is 0.666. The molecule has 3 aromatic heterocycles. The number of hydrogen-bond acceptors (Lipinski definition) is 6. The SMILES string of the molecule is COc1ncnc2c1nc(CCCl)n2Cc1ccno1. The number of halogens is 1. The van der Waals surface area contributed by atoms with Gasteiger partial charge in [0.2, 0.25) is 5.88 Å². The van der Waals surface area contributed by atoms with Gasteiger partial charge in [0.15, 0.2) is 16.9 Å². The number of aryl methyl sites for hydroxylation is 1. The molecule has 0 atom stereocenters. The maximum absolute atomic E-state index is 5.83. The molecule has 104 valence electrons. The molecule has 7 nitrogen and oxygen atoms in total. The average Bonchev–Trinajstić information content (AvgIpc) is 3.08. The summed E-state index contributed by atoms with van der Waals surface area (Å²) >= 11 is 5.83. The van der Waals surface area contributed by atoms with Gasteiger partial charge in [-0.05, 0) is 0 Å². The lowest BCUT2D eigenvalue weighted by Gasteiger charge is -2.05. The van der Waals surface area contributed by atoms with Gasteiger partial charge in [0.05, 0.1) is 19.9 Å². The molecule has 0 saturated carbocycles. The molecule has 0 amide bonds. The molecule has 0 bridgehead atoms. The van der Waals surface area contributed by atoms with Crippen LogP contribution in [-0.2, 0) is 13.0 Å². The summed E-state index contributed by atoms with van der Waals surface area (Å²) in [6.45, 7) is 0.489. The van der Waals surface area contributed by atoms with Gasteiger partial charge in [0, 0.05) is 18.4 Å². The van der Waals surface area contributed by atoms with Gasteiger partial charge in [0.1, 0.15) is 12.2 Å². The predicted molar refractivity (Wildman–Crippen MR) is 71.9 cm³/mol. The van der Waals surface area contributed by atoms with E-state index in [0.717, 1.165) is 11.6 Å². The average molecular weight is 294 g/mol. The number of methoxy groups -OCH3 is 1. The van der Waals surface area contributed by atoms with Crippen LogP contribution in [0.2, 0.25) is 0 Å². The van der Waals surface area contributed by atoms with Crippen LogP contribution in [0.25, 0.3) is 11.2 Å². The lowest BCUT2D eigenvalue weighted by Crippen LogP contribution is -2.06. The topological polar surface area (TPSA) is 78.9 Å². The second-order valence-corrected chi connectivity index (χ2v) is 4.47. The van der Waals surface area contributed by atoms with E-state index >= 15 is 0 Å². The van der Waals surface area contributed by atoms with Crippen LogP contribution in [0.4, 0.5) is 0 Å². The molecule has 0 fully saturated rings. The van der Waals surface area contributed by atoms with E-state index in [-0.39, 0.29) is 0 Å². The van der Waals surface area contributed by atoms with Crippen LogP contribution in [0.3, 0.4) is 0 Å². The summed E-state index contributed by atoms with van der Waals surface area (Å²) in [5, 5.41) is 3.70. The molecule has 3 heterocycles. The zero-order valence-electron chi connectivity index (χ0n) is 10.8. The summed E-state index contributed by atoms with van der Waals surface area (Å²) in [5.41, 5.74) is 1.31. The van der Waals surface area contributed by atoms with Crippen molar-refractivity contribution in [2.75, 3.05) is 13.0 Å². The summed E-state index contributed by atoms with van der Waals surface area (Å²) in [4.78, 5) is 12.9. The van der Waals surface area contributed by atoms with Crippen molar-refractivity contribution in [2.45, 2.75) is 13.0 Å². The Hall–Kier alpha value is -2.15. The number of hydrogen-bond donors (Lipinski definition) is 0. The molecule has 0 aliphatic rings. The van der Waals surface area contributed by atoms with E-state index in [9.17, 15) is 0 Å². The van der Waals surface area contributed by atoms with E-state index in [1.807, 2.05) is 4.57 Å². The lowest BCUT2D eigenvalue weighted by atomic mass is 10.4. The molecule has 0 unspecified atom stereocenters. The van der Waals surface area contributed by atoms with Gasteiger partial charge in [-0.2, -0.15) is 4.98 Å². The highest BCUT2D eigenvalue weighted by Gasteiger charge is 2.17. The highest BCUT2D eigenvalue weighted by atomic mass is 35.5. The number of aromatic nitrogens is 5. The molecule has 0 spiro atoms. The summed E-state index contributed by atoms with van der Waals surface area (Å²) in [6, 6.07) is 1.80. The summed E-state index contributed by atoms with van der Waals surface area (Å²) in [7, 11) is 1.55. The molecule has 0 aromatic carbocycles. The van der Waals surface area contributed by atoms with Crippen molar-refractivity contribution in [2.24, 2.45) is 0 Å². The molecule has 0 aliphatic heterocycles. The third-order valence-electron chi connectivity index (χ3n) is 2.89. The van der Waals surface area contributed by atoms with Crippen molar-refractivity contribution < 1.29 is 9.26 Å². The first-order chi connectivity index (χ1) is 9.83.